The van der Waals surface area contributed by atoms with Gasteiger partial charge in [-0.2, -0.15) is 0 Å². The summed E-state index contributed by atoms with van der Waals surface area (Å²) in [7, 11) is 0. The van der Waals surface area contributed by atoms with E-state index in [-0.39, 0.29) is 0 Å². The van der Waals surface area contributed by atoms with Crippen molar-refractivity contribution in [2.24, 2.45) is 0 Å². The molecule has 1 atom stereocenters. The third-order valence-electron chi connectivity index (χ3n) is 3.70. The fraction of sp³-hybridized carbons (Fsp3) is 0.556. The predicted molar refractivity (Wildman–Crippen MR) is 85.8 cm³/mol. The summed E-state index contributed by atoms with van der Waals surface area (Å²) in [6, 6.07) is 6.05. The molecule has 116 valence electrons. The third-order valence-corrected chi connectivity index (χ3v) is 3.70. The summed E-state index contributed by atoms with van der Waals surface area (Å²) in [5.74, 6) is 1.69. The van der Waals surface area contributed by atoms with Crippen molar-refractivity contribution in [3.8, 4) is 11.5 Å². The molecule has 1 unspecified atom stereocenters. The summed E-state index contributed by atoms with van der Waals surface area (Å²) in [5.41, 5.74) is 1.17. The Balaban J connectivity index is 1.58. The maximum absolute atomic E-state index is 5.67. The number of hydrogen-bond donors (Lipinski definition) is 0. The molecule has 0 bridgehead atoms. The zero-order valence-electron chi connectivity index (χ0n) is 13.1. The molecule has 0 spiro atoms. The molecule has 2 rings (SSSR count). The highest BCUT2D eigenvalue weighted by Gasteiger charge is 2.11. The van der Waals surface area contributed by atoms with E-state index in [2.05, 4.69) is 32.1 Å². The molecule has 0 aromatic heterocycles. The Kier molecular flexibility index (Phi) is 6.61. The first-order chi connectivity index (χ1) is 10.3. The lowest BCUT2D eigenvalue weighted by atomic mass is 10.1. The molecule has 3 heteroatoms. The van der Waals surface area contributed by atoms with Crippen LogP contribution in [0.2, 0.25) is 0 Å². The fourth-order valence-corrected chi connectivity index (χ4v) is 2.18. The molecule has 0 radical (unpaired) electrons. The number of allylic oxidation sites excluding steroid dienone is 1. The van der Waals surface area contributed by atoms with Crippen molar-refractivity contribution in [2.75, 3.05) is 13.4 Å². The van der Waals surface area contributed by atoms with E-state index < -0.39 is 0 Å². The van der Waals surface area contributed by atoms with E-state index in [0.29, 0.717) is 12.9 Å². The number of unbranched alkanes of at least 4 members (excludes halogenated alkanes) is 3. The minimum atomic E-state index is 0.335. The monoisotopic (exact) mass is 290 g/mol. The van der Waals surface area contributed by atoms with Gasteiger partial charge in [-0.15, -0.1) is 0 Å². The molecule has 1 aliphatic heterocycles. The van der Waals surface area contributed by atoms with Crippen molar-refractivity contribution in [3.05, 3.63) is 29.8 Å². The molecule has 1 aromatic carbocycles. The lowest BCUT2D eigenvalue weighted by molar-refractivity contribution is 0.0609. The Bertz CT molecular complexity index is 454. The van der Waals surface area contributed by atoms with Crippen molar-refractivity contribution in [1.29, 1.82) is 0 Å². The van der Waals surface area contributed by atoms with Gasteiger partial charge < -0.3 is 14.2 Å². The number of benzene rings is 1. The van der Waals surface area contributed by atoms with E-state index in [0.717, 1.165) is 37.4 Å². The number of ether oxygens (including phenoxy) is 3. The van der Waals surface area contributed by atoms with Gasteiger partial charge in [0.15, 0.2) is 11.5 Å². The second kappa shape index (κ2) is 8.73. The van der Waals surface area contributed by atoms with Gasteiger partial charge in [-0.05, 0) is 50.3 Å². The Morgan fingerprint density at radius 1 is 1.19 bits per heavy atom. The minimum Gasteiger partial charge on any atom is -0.454 e. The van der Waals surface area contributed by atoms with Gasteiger partial charge in [0.1, 0.15) is 0 Å². The van der Waals surface area contributed by atoms with Gasteiger partial charge >= 0.3 is 0 Å². The standard InChI is InChI=1S/C18H26O3/c1-3-15(2)19-12-8-6-4-5-7-9-16-10-11-17-18(13-16)21-14-20-17/h7,9-11,13,15H,3-6,8,12,14H2,1-2H3/b9-7+. The van der Waals surface area contributed by atoms with Crippen LogP contribution >= 0.6 is 0 Å². The van der Waals surface area contributed by atoms with Gasteiger partial charge in [0.2, 0.25) is 6.79 Å². The van der Waals surface area contributed by atoms with E-state index in [1.165, 1.54) is 18.4 Å². The van der Waals surface area contributed by atoms with E-state index >= 15 is 0 Å². The molecular formula is C18H26O3. The molecule has 0 fully saturated rings. The first-order valence-corrected chi connectivity index (χ1v) is 7.97. The van der Waals surface area contributed by atoms with Crippen molar-refractivity contribution < 1.29 is 14.2 Å². The molecule has 21 heavy (non-hydrogen) atoms. The minimum absolute atomic E-state index is 0.335. The molecule has 3 nitrogen and oxygen atoms in total. The molecule has 1 aliphatic rings. The first-order valence-electron chi connectivity index (χ1n) is 7.97. The number of hydrogen-bond acceptors (Lipinski definition) is 3. The van der Waals surface area contributed by atoms with E-state index in [4.69, 9.17) is 14.2 Å². The molecular weight excluding hydrogens is 264 g/mol. The van der Waals surface area contributed by atoms with Crippen LogP contribution in [0.3, 0.4) is 0 Å². The van der Waals surface area contributed by atoms with Gasteiger partial charge in [0, 0.05) is 6.61 Å². The lowest BCUT2D eigenvalue weighted by Gasteiger charge is -2.09. The maximum atomic E-state index is 5.67. The van der Waals surface area contributed by atoms with Crippen LogP contribution in [0.15, 0.2) is 24.3 Å². The van der Waals surface area contributed by atoms with E-state index in [1.54, 1.807) is 0 Å². The summed E-state index contributed by atoms with van der Waals surface area (Å²) in [6.07, 6.45) is 10.6. The second-order valence-electron chi connectivity index (χ2n) is 5.45. The second-order valence-corrected chi connectivity index (χ2v) is 5.45. The van der Waals surface area contributed by atoms with Crippen molar-refractivity contribution in [1.82, 2.24) is 0 Å². The Hall–Kier alpha value is -1.48. The summed E-state index contributed by atoms with van der Waals surface area (Å²) in [6.45, 7) is 5.52. The van der Waals surface area contributed by atoms with Crippen LogP contribution in [0.25, 0.3) is 6.08 Å². The molecule has 0 saturated heterocycles. The third kappa shape index (κ3) is 5.43. The summed E-state index contributed by atoms with van der Waals surface area (Å²) < 4.78 is 16.3. The predicted octanol–water partition coefficient (Wildman–Crippen LogP) is 4.80. The van der Waals surface area contributed by atoms with Crippen LogP contribution < -0.4 is 9.47 Å². The highest BCUT2D eigenvalue weighted by atomic mass is 16.7. The van der Waals surface area contributed by atoms with Crippen LogP contribution in [-0.2, 0) is 4.74 Å². The largest absolute Gasteiger partial charge is 0.454 e. The van der Waals surface area contributed by atoms with Crippen molar-refractivity contribution in [2.45, 2.75) is 52.1 Å². The average Bonchev–Trinajstić information content (AvgIpc) is 2.97. The molecule has 1 aromatic rings. The van der Waals surface area contributed by atoms with Gasteiger partial charge in [-0.25, -0.2) is 0 Å². The van der Waals surface area contributed by atoms with Gasteiger partial charge in [0.25, 0.3) is 0 Å². The topological polar surface area (TPSA) is 27.7 Å². The molecule has 0 aliphatic carbocycles. The van der Waals surface area contributed by atoms with Gasteiger partial charge in [-0.1, -0.05) is 31.6 Å². The number of rotatable bonds is 9. The maximum Gasteiger partial charge on any atom is 0.231 e. The fourth-order valence-electron chi connectivity index (χ4n) is 2.18. The Morgan fingerprint density at radius 3 is 2.90 bits per heavy atom. The van der Waals surface area contributed by atoms with Gasteiger partial charge in [-0.3, -0.25) is 0 Å². The first kappa shape index (κ1) is 15.9. The highest BCUT2D eigenvalue weighted by Crippen LogP contribution is 2.32. The van der Waals surface area contributed by atoms with Crippen LogP contribution in [0, 0.1) is 0 Å². The molecule has 1 heterocycles. The van der Waals surface area contributed by atoms with E-state index in [1.807, 2.05) is 12.1 Å². The van der Waals surface area contributed by atoms with Crippen LogP contribution in [0.1, 0.15) is 51.5 Å². The quantitative estimate of drug-likeness (QED) is 0.611. The molecule has 0 N–H and O–H groups in total. The van der Waals surface area contributed by atoms with Crippen LogP contribution in [0.5, 0.6) is 11.5 Å². The zero-order chi connectivity index (χ0) is 14.9. The Morgan fingerprint density at radius 2 is 2.05 bits per heavy atom. The number of fused-ring (bicyclic) bond motifs is 1. The van der Waals surface area contributed by atoms with Gasteiger partial charge in [0.05, 0.1) is 6.10 Å². The van der Waals surface area contributed by atoms with Crippen LogP contribution in [0.4, 0.5) is 0 Å². The normalized spacial score (nSPS) is 14.8. The summed E-state index contributed by atoms with van der Waals surface area (Å²) in [5, 5.41) is 0. The summed E-state index contributed by atoms with van der Waals surface area (Å²) in [4.78, 5) is 0. The molecule has 0 saturated carbocycles. The highest BCUT2D eigenvalue weighted by molar-refractivity contribution is 5.56. The smallest absolute Gasteiger partial charge is 0.231 e. The lowest BCUT2D eigenvalue weighted by Crippen LogP contribution is -2.07. The van der Waals surface area contributed by atoms with Crippen LogP contribution in [-0.4, -0.2) is 19.5 Å². The Labute approximate surface area is 127 Å². The van der Waals surface area contributed by atoms with Crippen molar-refractivity contribution >= 4 is 6.08 Å². The SMILES string of the molecule is CCC(C)OCCCCC/C=C/c1ccc2c(c1)OCO2. The zero-order valence-corrected chi connectivity index (χ0v) is 13.1. The molecule has 0 amide bonds. The average molecular weight is 290 g/mol. The summed E-state index contributed by atoms with van der Waals surface area (Å²) >= 11 is 0. The van der Waals surface area contributed by atoms with Crippen molar-refractivity contribution in [3.63, 3.8) is 0 Å². The van der Waals surface area contributed by atoms with E-state index in [9.17, 15) is 0 Å².